The number of imidazole rings is 1. The molecule has 45 heavy (non-hydrogen) atoms. The topological polar surface area (TPSA) is 97.7 Å². The van der Waals surface area contributed by atoms with E-state index in [0.29, 0.717) is 22.4 Å². The zero-order valence-electron chi connectivity index (χ0n) is 26.7. The molecule has 0 unspecified atom stereocenters. The van der Waals surface area contributed by atoms with Crippen LogP contribution in [-0.2, 0) is 4.74 Å². The summed E-state index contributed by atoms with van der Waals surface area (Å²) >= 11 is 6.18. The van der Waals surface area contributed by atoms with E-state index in [4.69, 9.17) is 31.3 Å². The van der Waals surface area contributed by atoms with E-state index in [1.54, 1.807) is 12.1 Å². The molecule has 1 N–H and O–H groups in total. The average molecular weight is 633 g/mol. The molecular formula is C35H45ClN6O3. The number of carbonyl (C=O) groups excluding carboxylic acids is 1. The molecule has 0 radical (unpaired) electrons. The third-order valence-corrected chi connectivity index (χ3v) is 9.74. The van der Waals surface area contributed by atoms with Gasteiger partial charge in [-0.05, 0) is 95.5 Å². The zero-order chi connectivity index (χ0) is 31.6. The van der Waals surface area contributed by atoms with Gasteiger partial charge in [-0.2, -0.15) is 5.26 Å². The van der Waals surface area contributed by atoms with E-state index in [1.165, 1.54) is 18.5 Å². The molecule has 6 rings (SSSR count). The Balaban J connectivity index is 0.962. The van der Waals surface area contributed by atoms with Crippen molar-refractivity contribution in [1.82, 2.24) is 19.8 Å². The van der Waals surface area contributed by atoms with Crippen LogP contribution in [0.4, 0.5) is 10.5 Å². The molecule has 3 heterocycles. The first kappa shape index (κ1) is 31.5. The van der Waals surface area contributed by atoms with Gasteiger partial charge in [-0.15, -0.1) is 0 Å². The Morgan fingerprint density at radius 3 is 2.40 bits per heavy atom. The van der Waals surface area contributed by atoms with E-state index in [0.717, 1.165) is 94.1 Å². The summed E-state index contributed by atoms with van der Waals surface area (Å²) in [5, 5.41) is 9.53. The van der Waals surface area contributed by atoms with Gasteiger partial charge in [-0.1, -0.05) is 11.6 Å². The lowest BCUT2D eigenvalue weighted by molar-refractivity contribution is 0.0130. The summed E-state index contributed by atoms with van der Waals surface area (Å²) in [7, 11) is 0. The van der Waals surface area contributed by atoms with Gasteiger partial charge in [-0.25, -0.2) is 9.78 Å². The largest absolute Gasteiger partial charge is 0.490 e. The normalized spacial score (nSPS) is 21.9. The number of anilines is 1. The molecule has 0 atom stereocenters. The Morgan fingerprint density at radius 1 is 1.00 bits per heavy atom. The Morgan fingerprint density at radius 2 is 1.73 bits per heavy atom. The van der Waals surface area contributed by atoms with E-state index >= 15 is 0 Å². The number of hydrogen-bond donors (Lipinski definition) is 1. The number of nitrogens with one attached hydrogen (secondary N) is 1. The number of hydrogen-bond acceptors (Lipinski definition) is 7. The molecule has 1 aromatic heterocycles. The number of nitrogens with zero attached hydrogens (tertiary/aromatic N) is 5. The van der Waals surface area contributed by atoms with Gasteiger partial charge in [0.2, 0.25) is 0 Å². The molecule has 0 spiro atoms. The molecule has 3 aliphatic rings. The average Bonchev–Trinajstić information content (AvgIpc) is 3.45. The van der Waals surface area contributed by atoms with Crippen LogP contribution in [0.2, 0.25) is 5.02 Å². The van der Waals surface area contributed by atoms with Crippen molar-refractivity contribution in [3.63, 3.8) is 0 Å². The fraction of sp³-hybridized carbons (Fsp3) is 0.571. The Hall–Kier alpha value is -3.48. The molecule has 3 fully saturated rings. The molecular weight excluding hydrogens is 588 g/mol. The lowest BCUT2D eigenvalue weighted by atomic mass is 9.87. The predicted octanol–water partition coefficient (Wildman–Crippen LogP) is 6.96. The molecule has 10 heteroatoms. The van der Waals surface area contributed by atoms with Gasteiger partial charge in [0.05, 0.1) is 27.7 Å². The number of piperazine rings is 1. The van der Waals surface area contributed by atoms with Gasteiger partial charge in [0.15, 0.2) is 0 Å². The van der Waals surface area contributed by atoms with Crippen LogP contribution in [0.1, 0.15) is 76.6 Å². The van der Waals surface area contributed by atoms with Crippen molar-refractivity contribution in [2.45, 2.75) is 76.9 Å². The molecule has 9 nitrogen and oxygen atoms in total. The third kappa shape index (κ3) is 7.85. The number of amides is 1. The van der Waals surface area contributed by atoms with Gasteiger partial charge in [0.25, 0.3) is 0 Å². The maximum absolute atomic E-state index is 12.4. The van der Waals surface area contributed by atoms with Crippen molar-refractivity contribution in [2.75, 3.05) is 50.7 Å². The van der Waals surface area contributed by atoms with Crippen molar-refractivity contribution in [3.8, 4) is 11.8 Å². The maximum Gasteiger partial charge on any atom is 0.410 e. The summed E-state index contributed by atoms with van der Waals surface area (Å²) in [4.78, 5) is 27.9. The van der Waals surface area contributed by atoms with Crippen LogP contribution in [0.15, 0.2) is 36.4 Å². The SMILES string of the molecule is CC(C)(C)OC(=O)N1CCN(CC2CCN(c3ccc4nc(C5CCC(Oc6ccc(C#N)c(Cl)c6)CC5)[nH]c4c3)CC2)CC1. The highest BCUT2D eigenvalue weighted by Crippen LogP contribution is 2.35. The van der Waals surface area contributed by atoms with Gasteiger partial charge in [0, 0.05) is 63.5 Å². The van der Waals surface area contributed by atoms with E-state index in [1.807, 2.05) is 31.7 Å². The van der Waals surface area contributed by atoms with Gasteiger partial charge in [-0.3, -0.25) is 4.90 Å². The highest BCUT2D eigenvalue weighted by molar-refractivity contribution is 6.31. The monoisotopic (exact) mass is 632 g/mol. The summed E-state index contributed by atoms with van der Waals surface area (Å²) in [6, 6.07) is 14.0. The van der Waals surface area contributed by atoms with E-state index in [9.17, 15) is 4.79 Å². The molecule has 3 aromatic rings. The first-order chi connectivity index (χ1) is 21.6. The molecule has 0 bridgehead atoms. The Bertz CT molecular complexity index is 1520. The predicted molar refractivity (Wildman–Crippen MR) is 177 cm³/mol. The summed E-state index contributed by atoms with van der Waals surface area (Å²) in [5.74, 6) is 2.88. The van der Waals surface area contributed by atoms with Gasteiger partial charge < -0.3 is 24.3 Å². The number of piperidine rings is 1. The molecule has 240 valence electrons. The van der Waals surface area contributed by atoms with Crippen LogP contribution in [0.3, 0.4) is 0 Å². The van der Waals surface area contributed by atoms with Crippen LogP contribution < -0.4 is 9.64 Å². The van der Waals surface area contributed by atoms with Crippen molar-refractivity contribution >= 4 is 34.4 Å². The molecule has 2 saturated heterocycles. The lowest BCUT2D eigenvalue weighted by Crippen LogP contribution is -2.51. The fourth-order valence-corrected chi connectivity index (χ4v) is 7.10. The number of H-pyrrole nitrogens is 1. The van der Waals surface area contributed by atoms with Crippen LogP contribution in [0.5, 0.6) is 5.75 Å². The van der Waals surface area contributed by atoms with Crippen LogP contribution in [-0.4, -0.2) is 83.4 Å². The van der Waals surface area contributed by atoms with E-state index in [-0.39, 0.29) is 12.2 Å². The number of ether oxygens (including phenoxy) is 2. The second-order valence-electron chi connectivity index (χ2n) is 13.9. The third-order valence-electron chi connectivity index (χ3n) is 9.43. The molecule has 2 aliphatic heterocycles. The van der Waals surface area contributed by atoms with Crippen molar-refractivity contribution in [1.29, 1.82) is 5.26 Å². The number of halogens is 1. The summed E-state index contributed by atoms with van der Waals surface area (Å²) in [5.41, 5.74) is 3.42. The Labute approximate surface area is 271 Å². The number of aromatic nitrogens is 2. The number of aromatic amines is 1. The second kappa shape index (κ2) is 13.5. The van der Waals surface area contributed by atoms with Crippen molar-refractivity contribution in [2.24, 2.45) is 5.92 Å². The smallest absolute Gasteiger partial charge is 0.410 e. The van der Waals surface area contributed by atoms with E-state index in [2.05, 4.69) is 39.1 Å². The first-order valence-electron chi connectivity index (χ1n) is 16.4. The van der Waals surface area contributed by atoms with Crippen LogP contribution >= 0.6 is 11.6 Å². The van der Waals surface area contributed by atoms with Crippen LogP contribution in [0, 0.1) is 17.2 Å². The number of fused-ring (bicyclic) bond motifs is 1. The van der Waals surface area contributed by atoms with Gasteiger partial charge in [0.1, 0.15) is 23.2 Å². The number of carbonyl (C=O) groups is 1. The molecule has 1 saturated carbocycles. The minimum Gasteiger partial charge on any atom is -0.490 e. The van der Waals surface area contributed by atoms with Crippen LogP contribution in [0.25, 0.3) is 11.0 Å². The number of rotatable bonds is 6. The lowest BCUT2D eigenvalue weighted by Gasteiger charge is -2.39. The maximum atomic E-state index is 12.4. The second-order valence-corrected chi connectivity index (χ2v) is 14.3. The number of nitriles is 1. The number of benzene rings is 2. The summed E-state index contributed by atoms with van der Waals surface area (Å²) in [6.45, 7) is 12.3. The van der Waals surface area contributed by atoms with Gasteiger partial charge >= 0.3 is 6.09 Å². The molecule has 2 aromatic carbocycles. The van der Waals surface area contributed by atoms with Crippen molar-refractivity contribution < 1.29 is 14.3 Å². The highest BCUT2D eigenvalue weighted by Gasteiger charge is 2.29. The molecule has 1 aliphatic carbocycles. The highest BCUT2D eigenvalue weighted by atomic mass is 35.5. The minimum atomic E-state index is -0.451. The minimum absolute atomic E-state index is 0.144. The van der Waals surface area contributed by atoms with Crippen molar-refractivity contribution in [3.05, 3.63) is 52.8 Å². The Kier molecular flexibility index (Phi) is 9.44. The quantitative estimate of drug-likeness (QED) is 0.314. The summed E-state index contributed by atoms with van der Waals surface area (Å²) < 4.78 is 11.7. The summed E-state index contributed by atoms with van der Waals surface area (Å²) in [6.07, 6.45) is 6.26. The standard InChI is InChI=1S/C35H45ClN6O3/c1-35(2,3)45-34(43)42-18-16-40(17-19-42)23-24-12-14-41(15-13-24)27-7-11-31-32(20-27)39-33(38-31)25-4-8-28(9-5-25)44-29-10-6-26(22-37)30(36)21-29/h6-7,10-11,20-21,24-25,28H,4-5,8-9,12-19,23H2,1-3H3,(H,38,39). The molecule has 1 amide bonds. The van der Waals surface area contributed by atoms with E-state index < -0.39 is 5.60 Å². The fourth-order valence-electron chi connectivity index (χ4n) is 6.89. The first-order valence-corrected chi connectivity index (χ1v) is 16.8. The zero-order valence-corrected chi connectivity index (χ0v) is 27.5.